The van der Waals surface area contributed by atoms with E-state index in [2.05, 4.69) is 15.2 Å². The molecular weight excluding hydrogens is 346 g/mol. The average Bonchev–Trinajstić information content (AvgIpc) is 3.17. The van der Waals surface area contributed by atoms with Crippen LogP contribution in [0.2, 0.25) is 0 Å². The summed E-state index contributed by atoms with van der Waals surface area (Å²) in [6, 6.07) is 12.9. The van der Waals surface area contributed by atoms with E-state index in [-0.39, 0.29) is 0 Å². The topological polar surface area (TPSA) is 97.3 Å². The van der Waals surface area contributed by atoms with Crippen molar-refractivity contribution in [2.45, 2.75) is 25.9 Å². The number of hydrogen-bond donors (Lipinski definition) is 2. The SMILES string of the molecule is CC(C)(Oc1cccc(CCOc2ccc(-c3ccn[nH]3)nc2)c1)C(=O)O. The molecule has 1 aromatic carbocycles. The van der Waals surface area contributed by atoms with Crippen LogP contribution in [-0.2, 0) is 11.2 Å². The van der Waals surface area contributed by atoms with Crippen molar-refractivity contribution in [3.63, 3.8) is 0 Å². The molecule has 0 radical (unpaired) electrons. The molecule has 7 heteroatoms. The van der Waals surface area contributed by atoms with Crippen LogP contribution >= 0.6 is 0 Å². The van der Waals surface area contributed by atoms with E-state index in [0.717, 1.165) is 17.0 Å². The molecule has 0 fully saturated rings. The molecule has 3 aromatic rings. The van der Waals surface area contributed by atoms with E-state index < -0.39 is 11.6 Å². The lowest BCUT2D eigenvalue weighted by atomic mass is 10.1. The largest absolute Gasteiger partial charge is 0.492 e. The van der Waals surface area contributed by atoms with Gasteiger partial charge >= 0.3 is 5.97 Å². The van der Waals surface area contributed by atoms with Gasteiger partial charge in [0.05, 0.1) is 24.2 Å². The fraction of sp³-hybridized carbons (Fsp3) is 0.250. The van der Waals surface area contributed by atoms with E-state index in [1.165, 1.54) is 13.8 Å². The minimum Gasteiger partial charge on any atom is -0.492 e. The monoisotopic (exact) mass is 367 g/mol. The van der Waals surface area contributed by atoms with Crippen LogP contribution in [-0.4, -0.2) is 38.5 Å². The molecule has 0 unspecified atom stereocenters. The maximum atomic E-state index is 11.2. The number of nitrogens with one attached hydrogen (secondary N) is 1. The molecule has 140 valence electrons. The van der Waals surface area contributed by atoms with E-state index in [4.69, 9.17) is 14.6 Å². The molecule has 0 aliphatic heterocycles. The standard InChI is InChI=1S/C20H21N3O4/c1-20(2,19(24)25)27-15-5-3-4-14(12-15)9-11-26-16-6-7-17(21-13-16)18-8-10-22-23-18/h3-8,10,12-13H,9,11H2,1-2H3,(H,22,23)(H,24,25). The number of rotatable bonds is 8. The number of benzene rings is 1. The van der Waals surface area contributed by atoms with Crippen LogP contribution in [0.3, 0.4) is 0 Å². The number of ether oxygens (including phenoxy) is 2. The van der Waals surface area contributed by atoms with Gasteiger partial charge in [-0.2, -0.15) is 5.10 Å². The third kappa shape index (κ3) is 4.84. The molecule has 0 aliphatic carbocycles. The summed E-state index contributed by atoms with van der Waals surface area (Å²) < 4.78 is 11.3. The Bertz CT molecular complexity index is 890. The van der Waals surface area contributed by atoms with Crippen LogP contribution in [0.15, 0.2) is 54.9 Å². The van der Waals surface area contributed by atoms with Crippen LogP contribution in [0.1, 0.15) is 19.4 Å². The van der Waals surface area contributed by atoms with Crippen molar-refractivity contribution in [1.29, 1.82) is 0 Å². The molecule has 0 aliphatic rings. The zero-order chi connectivity index (χ0) is 19.3. The van der Waals surface area contributed by atoms with Crippen molar-refractivity contribution >= 4 is 5.97 Å². The van der Waals surface area contributed by atoms with Gasteiger partial charge in [0.2, 0.25) is 0 Å². The van der Waals surface area contributed by atoms with Gasteiger partial charge in [-0.15, -0.1) is 0 Å². The number of aromatic amines is 1. The average molecular weight is 367 g/mol. The maximum Gasteiger partial charge on any atom is 0.347 e. The van der Waals surface area contributed by atoms with Gasteiger partial charge in [-0.25, -0.2) is 4.79 Å². The molecule has 0 saturated heterocycles. The number of aliphatic carboxylic acids is 1. The summed E-state index contributed by atoms with van der Waals surface area (Å²) in [7, 11) is 0. The maximum absolute atomic E-state index is 11.2. The lowest BCUT2D eigenvalue weighted by Gasteiger charge is -2.21. The first-order valence-electron chi connectivity index (χ1n) is 8.54. The summed E-state index contributed by atoms with van der Waals surface area (Å²) in [5.74, 6) is 0.186. The highest BCUT2D eigenvalue weighted by Gasteiger charge is 2.29. The van der Waals surface area contributed by atoms with E-state index in [9.17, 15) is 4.79 Å². The van der Waals surface area contributed by atoms with Gasteiger partial charge in [0.25, 0.3) is 0 Å². The van der Waals surface area contributed by atoms with Gasteiger partial charge < -0.3 is 14.6 Å². The van der Waals surface area contributed by atoms with Crippen LogP contribution in [0, 0.1) is 0 Å². The van der Waals surface area contributed by atoms with Crippen molar-refractivity contribution in [3.8, 4) is 22.9 Å². The zero-order valence-electron chi connectivity index (χ0n) is 15.2. The number of nitrogens with zero attached hydrogens (tertiary/aromatic N) is 2. The molecule has 0 bridgehead atoms. The molecule has 0 atom stereocenters. The molecular formula is C20H21N3O4. The molecule has 2 aromatic heterocycles. The van der Waals surface area contributed by atoms with Crippen molar-refractivity contribution in [2.75, 3.05) is 6.61 Å². The Morgan fingerprint density at radius 1 is 1.19 bits per heavy atom. The minimum atomic E-state index is -1.28. The Morgan fingerprint density at radius 3 is 2.70 bits per heavy atom. The zero-order valence-corrected chi connectivity index (χ0v) is 15.2. The number of carbonyl (C=O) groups is 1. The summed E-state index contributed by atoms with van der Waals surface area (Å²) in [6.45, 7) is 3.51. The van der Waals surface area contributed by atoms with Crippen LogP contribution in [0.4, 0.5) is 0 Å². The molecule has 3 rings (SSSR count). The lowest BCUT2D eigenvalue weighted by molar-refractivity contribution is -0.152. The Labute approximate surface area is 157 Å². The summed E-state index contributed by atoms with van der Waals surface area (Å²) in [6.07, 6.45) is 4.01. The summed E-state index contributed by atoms with van der Waals surface area (Å²) >= 11 is 0. The van der Waals surface area contributed by atoms with E-state index >= 15 is 0 Å². The number of aromatic nitrogens is 3. The molecule has 7 nitrogen and oxygen atoms in total. The summed E-state index contributed by atoms with van der Waals surface area (Å²) in [5.41, 5.74) is 1.36. The quantitative estimate of drug-likeness (QED) is 0.634. The Kier molecular flexibility index (Phi) is 5.40. The number of H-pyrrole nitrogens is 1. The second-order valence-electron chi connectivity index (χ2n) is 6.51. The number of carboxylic acids is 1. The van der Waals surface area contributed by atoms with E-state index in [1.807, 2.05) is 36.4 Å². The number of carboxylic acid groups (broad SMARTS) is 1. The second-order valence-corrected chi connectivity index (χ2v) is 6.51. The highest BCUT2D eigenvalue weighted by Crippen LogP contribution is 2.21. The third-order valence-electron chi connectivity index (χ3n) is 3.96. The van der Waals surface area contributed by atoms with Crippen LogP contribution < -0.4 is 9.47 Å². The van der Waals surface area contributed by atoms with Gasteiger partial charge in [0.15, 0.2) is 5.60 Å². The normalized spacial score (nSPS) is 11.2. The van der Waals surface area contributed by atoms with Crippen molar-refractivity contribution in [3.05, 3.63) is 60.4 Å². The summed E-state index contributed by atoms with van der Waals surface area (Å²) in [4.78, 5) is 15.5. The van der Waals surface area contributed by atoms with Gasteiger partial charge in [-0.3, -0.25) is 10.1 Å². The third-order valence-corrected chi connectivity index (χ3v) is 3.96. The fourth-order valence-electron chi connectivity index (χ4n) is 2.41. The number of hydrogen-bond acceptors (Lipinski definition) is 5. The Morgan fingerprint density at radius 2 is 2.04 bits per heavy atom. The predicted molar refractivity (Wildman–Crippen MR) is 99.8 cm³/mol. The molecule has 2 heterocycles. The first kappa shape index (κ1) is 18.4. The summed E-state index contributed by atoms with van der Waals surface area (Å²) in [5, 5.41) is 15.9. The minimum absolute atomic E-state index is 0.469. The lowest BCUT2D eigenvalue weighted by Crippen LogP contribution is -2.37. The van der Waals surface area contributed by atoms with E-state index in [0.29, 0.717) is 24.5 Å². The Hall–Kier alpha value is -3.35. The second kappa shape index (κ2) is 7.90. The molecule has 0 saturated carbocycles. The molecule has 27 heavy (non-hydrogen) atoms. The predicted octanol–water partition coefficient (Wildman–Crippen LogP) is 3.34. The first-order valence-corrected chi connectivity index (χ1v) is 8.54. The van der Waals surface area contributed by atoms with Gasteiger partial charge in [-0.05, 0) is 49.7 Å². The molecule has 0 spiro atoms. The van der Waals surface area contributed by atoms with Gasteiger partial charge in [-0.1, -0.05) is 12.1 Å². The fourth-order valence-corrected chi connectivity index (χ4v) is 2.41. The highest BCUT2D eigenvalue weighted by molar-refractivity contribution is 5.76. The molecule has 0 amide bonds. The molecule has 2 N–H and O–H groups in total. The first-order chi connectivity index (χ1) is 12.9. The van der Waals surface area contributed by atoms with Gasteiger partial charge in [0.1, 0.15) is 11.5 Å². The van der Waals surface area contributed by atoms with Crippen LogP contribution in [0.25, 0.3) is 11.4 Å². The Balaban J connectivity index is 1.54. The smallest absolute Gasteiger partial charge is 0.347 e. The number of pyridine rings is 1. The highest BCUT2D eigenvalue weighted by atomic mass is 16.5. The van der Waals surface area contributed by atoms with Gasteiger partial charge in [0, 0.05) is 12.6 Å². The van der Waals surface area contributed by atoms with Crippen molar-refractivity contribution < 1.29 is 19.4 Å². The van der Waals surface area contributed by atoms with Crippen molar-refractivity contribution in [1.82, 2.24) is 15.2 Å². The van der Waals surface area contributed by atoms with Crippen LogP contribution in [0.5, 0.6) is 11.5 Å². The van der Waals surface area contributed by atoms with Crippen molar-refractivity contribution in [2.24, 2.45) is 0 Å². The van der Waals surface area contributed by atoms with E-state index in [1.54, 1.807) is 18.5 Å².